The molecule has 15 atom stereocenters. The van der Waals surface area contributed by atoms with Crippen LogP contribution in [0.5, 0.6) is 0 Å². The van der Waals surface area contributed by atoms with E-state index in [1.165, 1.54) is 0 Å². The summed E-state index contributed by atoms with van der Waals surface area (Å²) in [6.45, 7) is -1.11. The van der Waals surface area contributed by atoms with Crippen molar-refractivity contribution >= 4 is 0 Å². The minimum Gasteiger partial charge on any atom is -0.396 e. The summed E-state index contributed by atoms with van der Waals surface area (Å²) < 4.78 is 38.1. The Labute approximate surface area is 305 Å². The maximum atomic E-state index is 10.8. The summed E-state index contributed by atoms with van der Waals surface area (Å²) in [4.78, 5) is 0. The highest BCUT2D eigenvalue weighted by molar-refractivity contribution is 5.14. The van der Waals surface area contributed by atoms with Crippen LogP contribution in [0.3, 0.4) is 0 Å². The van der Waals surface area contributed by atoms with Gasteiger partial charge in [0, 0.05) is 55.6 Å². The van der Waals surface area contributed by atoms with E-state index in [4.69, 9.17) is 51.4 Å². The Morgan fingerprint density at radius 3 is 1.60 bits per heavy atom. The molecule has 0 bridgehead atoms. The van der Waals surface area contributed by atoms with Crippen LogP contribution < -0.4 is 22.9 Å². The fourth-order valence-electron chi connectivity index (χ4n) is 7.95. The van der Waals surface area contributed by atoms with Gasteiger partial charge >= 0.3 is 0 Å². The Morgan fingerprint density at radius 1 is 0.577 bits per heavy atom. The molecule has 2 aromatic carbocycles. The molecule has 52 heavy (non-hydrogen) atoms. The Morgan fingerprint density at radius 2 is 1.08 bits per heavy atom. The van der Waals surface area contributed by atoms with E-state index in [1.54, 1.807) is 0 Å². The van der Waals surface area contributed by atoms with Crippen LogP contribution in [-0.2, 0) is 41.6 Å². The average molecular weight is 735 g/mol. The number of nitrogens with two attached hydrogens (primary N) is 4. The largest absolute Gasteiger partial charge is 0.396 e. The van der Waals surface area contributed by atoms with Crippen LogP contribution in [0.1, 0.15) is 17.5 Å². The highest BCUT2D eigenvalue weighted by atomic mass is 16.7. The van der Waals surface area contributed by atoms with Gasteiger partial charge in [-0.05, 0) is 23.5 Å². The van der Waals surface area contributed by atoms with E-state index in [0.717, 1.165) is 11.1 Å². The highest BCUT2D eigenvalue weighted by Crippen LogP contribution is 2.40. The van der Waals surface area contributed by atoms with Gasteiger partial charge in [-0.2, -0.15) is 0 Å². The Kier molecular flexibility index (Phi) is 15.7. The molecule has 15 heteroatoms. The van der Waals surface area contributed by atoms with Crippen LogP contribution in [0, 0.1) is 29.6 Å². The fourth-order valence-corrected chi connectivity index (χ4v) is 7.95. The maximum Gasteiger partial charge on any atom is 0.165 e. The maximum absolute atomic E-state index is 10.8. The van der Waals surface area contributed by atoms with Crippen molar-refractivity contribution < 1.29 is 54.0 Å². The summed E-state index contributed by atoms with van der Waals surface area (Å²) in [6.07, 6.45) is -5.63. The second-order valence-electron chi connectivity index (χ2n) is 14.2. The first kappa shape index (κ1) is 41.0. The molecule has 2 heterocycles. The number of hydrogen-bond donors (Lipinski definition) is 9. The van der Waals surface area contributed by atoms with Gasteiger partial charge in [-0.3, -0.25) is 0 Å². The SMILES string of the molecule is NCC1O[C@H](O[C@@H]2C(N)C[C@@H](N)C(O[C@H]3OC(COCc4ccccc4)[C@@H](OCc4ccccc4)C(N)[C@H]3CO)[C@H]2CO)C(CO)[C@@H](CO)[C@@H]1CO. The van der Waals surface area contributed by atoms with Gasteiger partial charge < -0.3 is 76.9 Å². The number of aliphatic hydroxyl groups is 5. The summed E-state index contributed by atoms with van der Waals surface area (Å²) in [7, 11) is 0. The zero-order chi connectivity index (χ0) is 37.2. The smallest absolute Gasteiger partial charge is 0.165 e. The standard InChI is InChI=1S/C37H58N4O11/c38-12-30-24(14-43)23(13-42)25(15-44)36(49-30)51-33-27(17-46)34(29(40)11-28(33)39)52-37-26(16-45)32(41)35(48-19-22-9-5-2-6-10-22)31(50-37)20-47-18-21-7-3-1-4-8-21/h1-10,23-37,42-46H,11-20,38-41H2/t23-,24-,25?,26+,27-,28?,29+,30?,31?,32?,33-,34?,35+,36+,37+/m0/s1. The normalized spacial score (nSPS) is 38.3. The molecular weight excluding hydrogens is 676 g/mol. The third kappa shape index (κ3) is 9.55. The molecule has 0 aromatic heterocycles. The van der Waals surface area contributed by atoms with Gasteiger partial charge in [-0.25, -0.2) is 0 Å². The van der Waals surface area contributed by atoms with Crippen LogP contribution in [-0.4, -0.2) is 133 Å². The van der Waals surface area contributed by atoms with E-state index >= 15 is 0 Å². The predicted octanol–water partition coefficient (Wildman–Crippen LogP) is -1.60. The zero-order valence-electron chi connectivity index (χ0n) is 29.5. The molecule has 1 saturated carbocycles. The van der Waals surface area contributed by atoms with Crippen molar-refractivity contribution in [3.8, 4) is 0 Å². The zero-order valence-corrected chi connectivity index (χ0v) is 29.5. The molecule has 2 aromatic rings. The second kappa shape index (κ2) is 20.0. The van der Waals surface area contributed by atoms with Gasteiger partial charge in [0.15, 0.2) is 12.6 Å². The average Bonchev–Trinajstić information content (AvgIpc) is 3.16. The highest BCUT2D eigenvalue weighted by Gasteiger charge is 2.52. The molecule has 2 aliphatic heterocycles. The lowest BCUT2D eigenvalue weighted by Gasteiger charge is -2.51. The molecule has 0 amide bonds. The van der Waals surface area contributed by atoms with Crippen molar-refractivity contribution in [3.63, 3.8) is 0 Å². The van der Waals surface area contributed by atoms with Gasteiger partial charge in [0.1, 0.15) is 12.2 Å². The van der Waals surface area contributed by atoms with Crippen LogP contribution in [0.15, 0.2) is 60.7 Å². The molecule has 3 aliphatic rings. The van der Waals surface area contributed by atoms with Crippen LogP contribution in [0.4, 0.5) is 0 Å². The molecule has 0 spiro atoms. The molecule has 0 radical (unpaired) electrons. The topological polar surface area (TPSA) is 261 Å². The molecule has 6 unspecified atom stereocenters. The van der Waals surface area contributed by atoms with Crippen LogP contribution >= 0.6 is 0 Å². The summed E-state index contributed by atoms with van der Waals surface area (Å²) in [6, 6.07) is 17.3. The van der Waals surface area contributed by atoms with E-state index < -0.39 is 104 Å². The summed E-state index contributed by atoms with van der Waals surface area (Å²) in [5, 5.41) is 52.0. The van der Waals surface area contributed by atoms with E-state index in [2.05, 4.69) is 0 Å². The minimum atomic E-state index is -1.07. The van der Waals surface area contributed by atoms with Crippen molar-refractivity contribution in [2.24, 2.45) is 52.5 Å². The summed E-state index contributed by atoms with van der Waals surface area (Å²) >= 11 is 0. The molecule has 3 fully saturated rings. The van der Waals surface area contributed by atoms with Gasteiger partial charge in [-0.15, -0.1) is 0 Å². The quantitative estimate of drug-likeness (QED) is 0.0886. The number of aliphatic hydroxyl groups excluding tert-OH is 5. The van der Waals surface area contributed by atoms with Crippen LogP contribution in [0.25, 0.3) is 0 Å². The Balaban J connectivity index is 1.35. The third-order valence-corrected chi connectivity index (χ3v) is 10.9. The lowest BCUT2D eigenvalue weighted by atomic mass is 9.75. The summed E-state index contributed by atoms with van der Waals surface area (Å²) in [5.74, 6) is -3.32. The van der Waals surface area contributed by atoms with Gasteiger partial charge in [0.25, 0.3) is 0 Å². The monoisotopic (exact) mass is 734 g/mol. The number of benzene rings is 2. The van der Waals surface area contributed by atoms with Gasteiger partial charge in [-0.1, -0.05) is 60.7 Å². The minimum absolute atomic E-state index is 0.0462. The lowest BCUT2D eigenvalue weighted by molar-refractivity contribution is -0.317. The summed E-state index contributed by atoms with van der Waals surface area (Å²) in [5.41, 5.74) is 28.0. The lowest BCUT2D eigenvalue weighted by Crippen LogP contribution is -2.66. The second-order valence-corrected chi connectivity index (χ2v) is 14.2. The third-order valence-electron chi connectivity index (χ3n) is 10.9. The molecule has 5 rings (SSSR count). The molecule has 1 aliphatic carbocycles. The van der Waals surface area contributed by atoms with Crippen LogP contribution in [0.2, 0.25) is 0 Å². The molecule has 15 nitrogen and oxygen atoms in total. The Bertz CT molecular complexity index is 1300. The van der Waals surface area contributed by atoms with Gasteiger partial charge in [0.05, 0.1) is 63.9 Å². The van der Waals surface area contributed by atoms with Crippen molar-refractivity contribution in [3.05, 3.63) is 71.8 Å². The number of rotatable bonds is 17. The first-order chi connectivity index (χ1) is 25.3. The van der Waals surface area contributed by atoms with E-state index in [9.17, 15) is 25.5 Å². The van der Waals surface area contributed by atoms with Crippen molar-refractivity contribution in [1.29, 1.82) is 0 Å². The van der Waals surface area contributed by atoms with Gasteiger partial charge in [0.2, 0.25) is 0 Å². The van der Waals surface area contributed by atoms with E-state index in [1.807, 2.05) is 60.7 Å². The van der Waals surface area contributed by atoms with Crippen molar-refractivity contribution in [2.75, 3.05) is 46.2 Å². The first-order valence-electron chi connectivity index (χ1n) is 18.2. The molecular formula is C37H58N4O11. The Hall–Kier alpha value is -2.16. The molecule has 292 valence electrons. The number of ether oxygens (including phenoxy) is 6. The predicted molar refractivity (Wildman–Crippen MR) is 189 cm³/mol. The van der Waals surface area contributed by atoms with E-state index in [-0.39, 0.29) is 46.0 Å². The fraction of sp³-hybridized carbons (Fsp3) is 0.676. The first-order valence-corrected chi connectivity index (χ1v) is 18.2. The van der Waals surface area contributed by atoms with Crippen molar-refractivity contribution in [2.45, 2.75) is 80.9 Å². The van der Waals surface area contributed by atoms with E-state index in [0.29, 0.717) is 6.61 Å². The number of hydrogen-bond acceptors (Lipinski definition) is 15. The molecule has 13 N–H and O–H groups in total. The van der Waals surface area contributed by atoms with Crippen molar-refractivity contribution in [1.82, 2.24) is 0 Å². The molecule has 2 saturated heterocycles.